The highest BCUT2D eigenvalue weighted by Gasteiger charge is 2.07. The Morgan fingerprint density at radius 1 is 1.29 bits per heavy atom. The van der Waals surface area contributed by atoms with Gasteiger partial charge in [-0.2, -0.15) is 0 Å². The molecule has 2 rings (SSSR count). The van der Waals surface area contributed by atoms with E-state index in [1.54, 1.807) is 11.3 Å². The summed E-state index contributed by atoms with van der Waals surface area (Å²) in [7, 11) is 0. The molecule has 1 aromatic carbocycles. The van der Waals surface area contributed by atoms with Gasteiger partial charge in [0.25, 0.3) is 0 Å². The minimum absolute atomic E-state index is 0.828. The zero-order valence-electron chi connectivity index (χ0n) is 9.47. The van der Waals surface area contributed by atoms with Crippen LogP contribution < -0.4 is 5.32 Å². The van der Waals surface area contributed by atoms with Crippen molar-refractivity contribution in [1.82, 2.24) is 5.32 Å². The van der Waals surface area contributed by atoms with Crippen molar-refractivity contribution in [2.45, 2.75) is 13.5 Å². The molecule has 4 heteroatoms. The number of halogens is 2. The molecule has 1 nitrogen and oxygen atoms in total. The second-order valence-electron chi connectivity index (χ2n) is 3.67. The summed E-state index contributed by atoms with van der Waals surface area (Å²) in [6, 6.07) is 10.5. The number of rotatable bonds is 4. The SMILES string of the molecule is CCNCc1ccc(-c2ccc(I)cc2Cl)s1. The second kappa shape index (κ2) is 6.18. The van der Waals surface area contributed by atoms with Crippen molar-refractivity contribution >= 4 is 45.5 Å². The number of hydrogen-bond acceptors (Lipinski definition) is 2. The Labute approximate surface area is 124 Å². The van der Waals surface area contributed by atoms with E-state index in [2.05, 4.69) is 59.1 Å². The second-order valence-corrected chi connectivity index (χ2v) is 6.49. The first-order valence-electron chi connectivity index (χ1n) is 5.45. The maximum atomic E-state index is 6.26. The van der Waals surface area contributed by atoms with Crippen LogP contribution in [0, 0.1) is 3.57 Å². The third kappa shape index (κ3) is 3.44. The Hall–Kier alpha value is -0.100. The van der Waals surface area contributed by atoms with Crippen molar-refractivity contribution in [2.75, 3.05) is 6.54 Å². The molecule has 0 amide bonds. The Balaban J connectivity index is 2.24. The average molecular weight is 378 g/mol. The molecule has 90 valence electrons. The van der Waals surface area contributed by atoms with Crippen molar-refractivity contribution in [2.24, 2.45) is 0 Å². The molecule has 0 aliphatic rings. The van der Waals surface area contributed by atoms with E-state index in [1.807, 2.05) is 6.07 Å². The number of benzene rings is 1. The number of hydrogen-bond donors (Lipinski definition) is 1. The van der Waals surface area contributed by atoms with Crippen LogP contribution in [0.2, 0.25) is 5.02 Å². The summed E-state index contributed by atoms with van der Waals surface area (Å²) in [6.07, 6.45) is 0. The van der Waals surface area contributed by atoms with Crippen LogP contribution in [0.25, 0.3) is 10.4 Å². The summed E-state index contributed by atoms with van der Waals surface area (Å²) < 4.78 is 1.17. The normalized spacial score (nSPS) is 10.8. The molecule has 0 fully saturated rings. The molecule has 0 saturated heterocycles. The summed E-state index contributed by atoms with van der Waals surface area (Å²) in [5, 5.41) is 4.16. The highest BCUT2D eigenvalue weighted by atomic mass is 127. The van der Waals surface area contributed by atoms with E-state index in [0.29, 0.717) is 0 Å². The van der Waals surface area contributed by atoms with E-state index in [4.69, 9.17) is 11.6 Å². The Bertz CT molecular complexity index is 510. The monoisotopic (exact) mass is 377 g/mol. The van der Waals surface area contributed by atoms with Gasteiger partial charge >= 0.3 is 0 Å². The standard InChI is InChI=1S/C13H13ClINS/c1-2-16-8-10-4-6-13(17-10)11-5-3-9(15)7-12(11)14/h3-7,16H,2,8H2,1H3. The summed E-state index contributed by atoms with van der Waals surface area (Å²) in [6.45, 7) is 4.05. The van der Waals surface area contributed by atoms with Gasteiger partial charge in [0.1, 0.15) is 0 Å². The zero-order chi connectivity index (χ0) is 12.3. The third-order valence-corrected chi connectivity index (χ3v) is 4.51. The lowest BCUT2D eigenvalue weighted by Crippen LogP contribution is -2.10. The van der Waals surface area contributed by atoms with E-state index in [0.717, 1.165) is 23.7 Å². The van der Waals surface area contributed by atoms with E-state index in [1.165, 1.54) is 13.3 Å². The van der Waals surface area contributed by atoms with Crippen LogP contribution in [0.5, 0.6) is 0 Å². The molecule has 0 atom stereocenters. The van der Waals surface area contributed by atoms with Gasteiger partial charge in [-0.25, -0.2) is 0 Å². The minimum atomic E-state index is 0.828. The van der Waals surface area contributed by atoms with Crippen molar-refractivity contribution in [1.29, 1.82) is 0 Å². The van der Waals surface area contributed by atoms with Crippen LogP contribution in [0.4, 0.5) is 0 Å². The first-order valence-corrected chi connectivity index (χ1v) is 7.73. The summed E-state index contributed by atoms with van der Waals surface area (Å²) in [5.41, 5.74) is 1.12. The third-order valence-electron chi connectivity index (χ3n) is 2.41. The maximum Gasteiger partial charge on any atom is 0.0503 e. The van der Waals surface area contributed by atoms with Gasteiger partial charge < -0.3 is 5.32 Å². The van der Waals surface area contributed by atoms with Crippen molar-refractivity contribution in [3.63, 3.8) is 0 Å². The lowest BCUT2D eigenvalue weighted by Gasteiger charge is -2.02. The minimum Gasteiger partial charge on any atom is -0.312 e. The van der Waals surface area contributed by atoms with E-state index >= 15 is 0 Å². The topological polar surface area (TPSA) is 12.0 Å². The van der Waals surface area contributed by atoms with Crippen LogP contribution in [-0.2, 0) is 6.54 Å². The van der Waals surface area contributed by atoms with Gasteiger partial charge in [0.2, 0.25) is 0 Å². The van der Waals surface area contributed by atoms with Gasteiger partial charge in [-0.1, -0.05) is 24.6 Å². The van der Waals surface area contributed by atoms with Crippen LogP contribution in [0.3, 0.4) is 0 Å². The lowest BCUT2D eigenvalue weighted by molar-refractivity contribution is 0.735. The lowest BCUT2D eigenvalue weighted by atomic mass is 10.2. The van der Waals surface area contributed by atoms with E-state index < -0.39 is 0 Å². The van der Waals surface area contributed by atoms with Crippen molar-refractivity contribution < 1.29 is 0 Å². The fraction of sp³-hybridized carbons (Fsp3) is 0.231. The molecule has 2 aromatic rings. The van der Waals surface area contributed by atoms with Crippen LogP contribution in [-0.4, -0.2) is 6.54 Å². The predicted molar refractivity (Wildman–Crippen MR) is 84.9 cm³/mol. The van der Waals surface area contributed by atoms with Crippen molar-refractivity contribution in [3.05, 3.63) is 43.8 Å². The number of thiophene rings is 1. The van der Waals surface area contributed by atoms with Gasteiger partial charge in [0.05, 0.1) is 5.02 Å². The zero-order valence-corrected chi connectivity index (χ0v) is 13.2. The molecule has 1 aromatic heterocycles. The van der Waals surface area contributed by atoms with Gasteiger partial charge in [-0.05, 0) is 53.4 Å². The summed E-state index contributed by atoms with van der Waals surface area (Å²) in [5.74, 6) is 0. The summed E-state index contributed by atoms with van der Waals surface area (Å²) in [4.78, 5) is 2.58. The first kappa shape index (κ1) is 13.3. The Kier molecular flexibility index (Phi) is 4.85. The average Bonchev–Trinajstić information content (AvgIpc) is 2.75. The molecule has 0 aliphatic heterocycles. The van der Waals surface area contributed by atoms with E-state index in [9.17, 15) is 0 Å². The highest BCUT2D eigenvalue weighted by Crippen LogP contribution is 2.34. The molecular weight excluding hydrogens is 365 g/mol. The first-order chi connectivity index (χ1) is 8.20. The van der Waals surface area contributed by atoms with Crippen LogP contribution in [0.15, 0.2) is 30.3 Å². The molecule has 0 saturated carbocycles. The fourth-order valence-electron chi connectivity index (χ4n) is 1.56. The van der Waals surface area contributed by atoms with Gasteiger partial charge in [0, 0.05) is 25.4 Å². The Morgan fingerprint density at radius 3 is 2.82 bits per heavy atom. The summed E-state index contributed by atoms with van der Waals surface area (Å²) >= 11 is 10.3. The largest absolute Gasteiger partial charge is 0.312 e. The fourth-order valence-corrected chi connectivity index (χ4v) is 3.59. The molecule has 0 unspecified atom stereocenters. The maximum absolute atomic E-state index is 6.26. The van der Waals surface area contributed by atoms with Gasteiger partial charge in [-0.15, -0.1) is 11.3 Å². The molecular formula is C13H13ClINS. The van der Waals surface area contributed by atoms with Crippen LogP contribution in [0.1, 0.15) is 11.8 Å². The van der Waals surface area contributed by atoms with Gasteiger partial charge in [0.15, 0.2) is 0 Å². The molecule has 0 radical (unpaired) electrons. The molecule has 0 spiro atoms. The molecule has 17 heavy (non-hydrogen) atoms. The van der Waals surface area contributed by atoms with E-state index in [-0.39, 0.29) is 0 Å². The smallest absolute Gasteiger partial charge is 0.0503 e. The van der Waals surface area contributed by atoms with Crippen molar-refractivity contribution in [3.8, 4) is 10.4 Å². The predicted octanol–water partition coefficient (Wildman–Crippen LogP) is 4.78. The quantitative estimate of drug-likeness (QED) is 0.756. The van der Waals surface area contributed by atoms with Gasteiger partial charge in [-0.3, -0.25) is 0 Å². The number of nitrogens with one attached hydrogen (secondary N) is 1. The highest BCUT2D eigenvalue weighted by molar-refractivity contribution is 14.1. The molecule has 1 N–H and O–H groups in total. The molecule has 0 bridgehead atoms. The molecule has 0 aliphatic carbocycles. The molecule has 1 heterocycles. The Morgan fingerprint density at radius 2 is 2.12 bits per heavy atom. The van der Waals surface area contributed by atoms with Crippen LogP contribution >= 0.6 is 45.5 Å².